The number of aryl methyl sites for hydroxylation is 2. The standard InChI is InChI=1S/C24H29N3O/c1-4-6-20-14-25-16(3)26-23(20)22-10-7-18-13-19(8-9-21(18)22)24(28)27-12-11-17(5-2)15-27/h8-10,13-14,17H,4-7,11-12,15H2,1-3H3. The first-order chi connectivity index (χ1) is 13.6. The lowest BCUT2D eigenvalue weighted by Gasteiger charge is -2.17. The van der Waals surface area contributed by atoms with Crippen molar-refractivity contribution in [1.82, 2.24) is 14.9 Å². The molecular weight excluding hydrogens is 346 g/mol. The molecule has 2 heterocycles. The fourth-order valence-electron chi connectivity index (χ4n) is 4.42. The minimum absolute atomic E-state index is 0.178. The lowest BCUT2D eigenvalue weighted by atomic mass is 9.97. The van der Waals surface area contributed by atoms with Gasteiger partial charge in [-0.25, -0.2) is 9.97 Å². The number of hydrogen-bond donors (Lipinski definition) is 0. The Kier molecular flexibility index (Phi) is 5.29. The van der Waals surface area contributed by atoms with Crippen molar-refractivity contribution < 1.29 is 4.79 Å². The number of likely N-dealkylation sites (tertiary alicyclic amines) is 1. The fourth-order valence-corrected chi connectivity index (χ4v) is 4.42. The minimum Gasteiger partial charge on any atom is -0.338 e. The first-order valence-electron chi connectivity index (χ1n) is 10.6. The molecule has 0 N–H and O–H groups in total. The summed E-state index contributed by atoms with van der Waals surface area (Å²) in [4.78, 5) is 24.1. The maximum atomic E-state index is 12.9. The van der Waals surface area contributed by atoms with Crippen molar-refractivity contribution in [2.75, 3.05) is 13.1 Å². The summed E-state index contributed by atoms with van der Waals surface area (Å²) in [5.74, 6) is 1.64. The van der Waals surface area contributed by atoms with Gasteiger partial charge in [-0.15, -0.1) is 0 Å². The number of fused-ring (bicyclic) bond motifs is 1. The van der Waals surface area contributed by atoms with Gasteiger partial charge in [0.05, 0.1) is 5.69 Å². The molecular formula is C24H29N3O. The Hall–Kier alpha value is -2.49. The van der Waals surface area contributed by atoms with Crippen LogP contribution in [0.2, 0.25) is 0 Å². The minimum atomic E-state index is 0.178. The average Bonchev–Trinajstić information content (AvgIpc) is 3.35. The van der Waals surface area contributed by atoms with E-state index in [1.54, 1.807) is 0 Å². The fraction of sp³-hybridized carbons (Fsp3) is 0.458. The second kappa shape index (κ2) is 7.86. The van der Waals surface area contributed by atoms with Crippen LogP contribution in [0, 0.1) is 12.8 Å². The highest BCUT2D eigenvalue weighted by Crippen LogP contribution is 2.34. The van der Waals surface area contributed by atoms with Crippen LogP contribution in [0.25, 0.3) is 5.57 Å². The Morgan fingerprint density at radius 3 is 2.89 bits per heavy atom. The van der Waals surface area contributed by atoms with Crippen LogP contribution in [0.4, 0.5) is 0 Å². The molecule has 1 aliphatic heterocycles. The van der Waals surface area contributed by atoms with Gasteiger partial charge in [-0.3, -0.25) is 4.79 Å². The highest BCUT2D eigenvalue weighted by molar-refractivity contribution is 5.96. The van der Waals surface area contributed by atoms with E-state index in [1.807, 2.05) is 24.1 Å². The van der Waals surface area contributed by atoms with Gasteiger partial charge in [-0.05, 0) is 60.9 Å². The summed E-state index contributed by atoms with van der Waals surface area (Å²) < 4.78 is 0. The Bertz CT molecular complexity index is 931. The number of nitrogens with zero attached hydrogens (tertiary/aromatic N) is 3. The summed E-state index contributed by atoms with van der Waals surface area (Å²) in [5.41, 5.74) is 6.70. The Labute approximate surface area is 167 Å². The molecule has 0 spiro atoms. The second-order valence-electron chi connectivity index (χ2n) is 8.05. The highest BCUT2D eigenvalue weighted by Gasteiger charge is 2.27. The monoisotopic (exact) mass is 375 g/mol. The topological polar surface area (TPSA) is 46.1 Å². The lowest BCUT2D eigenvalue weighted by molar-refractivity contribution is 0.0787. The van der Waals surface area contributed by atoms with Gasteiger partial charge in [-0.2, -0.15) is 0 Å². The van der Waals surface area contributed by atoms with Crippen LogP contribution in [0.3, 0.4) is 0 Å². The molecule has 1 unspecified atom stereocenters. The second-order valence-corrected chi connectivity index (χ2v) is 8.05. The first kappa shape index (κ1) is 18.9. The van der Waals surface area contributed by atoms with Crippen LogP contribution in [0.15, 0.2) is 30.5 Å². The third-order valence-corrected chi connectivity index (χ3v) is 6.08. The molecule has 4 heteroatoms. The zero-order valence-corrected chi connectivity index (χ0v) is 17.2. The van der Waals surface area contributed by atoms with Crippen molar-refractivity contribution in [3.8, 4) is 0 Å². The molecule has 2 aliphatic rings. The maximum absolute atomic E-state index is 12.9. The van der Waals surface area contributed by atoms with E-state index in [-0.39, 0.29) is 5.91 Å². The van der Waals surface area contributed by atoms with Crippen molar-refractivity contribution in [1.29, 1.82) is 0 Å². The first-order valence-corrected chi connectivity index (χ1v) is 10.6. The predicted octanol–water partition coefficient (Wildman–Crippen LogP) is 4.60. The molecule has 4 nitrogen and oxygen atoms in total. The highest BCUT2D eigenvalue weighted by atomic mass is 16.2. The van der Waals surface area contributed by atoms with E-state index in [1.165, 1.54) is 22.3 Å². The van der Waals surface area contributed by atoms with Gasteiger partial charge >= 0.3 is 0 Å². The zero-order chi connectivity index (χ0) is 19.7. The molecule has 28 heavy (non-hydrogen) atoms. The SMILES string of the molecule is CCCc1cnc(C)nc1C1=CCc2cc(C(=O)N3CCC(CC)C3)ccc21. The van der Waals surface area contributed by atoms with Gasteiger partial charge in [0.2, 0.25) is 0 Å². The molecule has 0 radical (unpaired) electrons. The van der Waals surface area contributed by atoms with Crippen LogP contribution in [0.1, 0.15) is 71.7 Å². The summed E-state index contributed by atoms with van der Waals surface area (Å²) in [5, 5.41) is 0. The quantitative estimate of drug-likeness (QED) is 0.767. The third-order valence-electron chi connectivity index (χ3n) is 6.08. The number of benzene rings is 1. The van der Waals surface area contributed by atoms with E-state index in [0.29, 0.717) is 5.92 Å². The van der Waals surface area contributed by atoms with Crippen LogP contribution in [-0.4, -0.2) is 33.9 Å². The van der Waals surface area contributed by atoms with Gasteiger partial charge in [0, 0.05) is 30.4 Å². The summed E-state index contributed by atoms with van der Waals surface area (Å²) in [7, 11) is 0. The number of amides is 1. The van der Waals surface area contributed by atoms with Crippen molar-refractivity contribution in [2.45, 2.75) is 52.9 Å². The van der Waals surface area contributed by atoms with E-state index in [9.17, 15) is 4.79 Å². The molecule has 1 atom stereocenters. The van der Waals surface area contributed by atoms with Crippen LogP contribution >= 0.6 is 0 Å². The molecule has 1 amide bonds. The molecule has 1 aromatic heterocycles. The third kappa shape index (κ3) is 3.48. The summed E-state index contributed by atoms with van der Waals surface area (Å²) in [6.45, 7) is 8.12. The number of hydrogen-bond acceptors (Lipinski definition) is 3. The van der Waals surface area contributed by atoms with Crippen molar-refractivity contribution in [3.63, 3.8) is 0 Å². The van der Waals surface area contributed by atoms with E-state index >= 15 is 0 Å². The molecule has 1 aromatic carbocycles. The molecule has 1 saturated heterocycles. The summed E-state index contributed by atoms with van der Waals surface area (Å²) in [6, 6.07) is 6.20. The number of carbonyl (C=O) groups is 1. The predicted molar refractivity (Wildman–Crippen MR) is 112 cm³/mol. The van der Waals surface area contributed by atoms with Gasteiger partial charge < -0.3 is 4.90 Å². The largest absolute Gasteiger partial charge is 0.338 e. The van der Waals surface area contributed by atoms with Crippen molar-refractivity contribution in [3.05, 3.63) is 64.2 Å². The summed E-state index contributed by atoms with van der Waals surface area (Å²) in [6.07, 6.45) is 9.41. The van der Waals surface area contributed by atoms with E-state index in [2.05, 4.69) is 37.0 Å². The van der Waals surface area contributed by atoms with Gasteiger partial charge in [0.15, 0.2) is 0 Å². The number of allylic oxidation sites excluding steroid dienone is 1. The van der Waals surface area contributed by atoms with Crippen LogP contribution in [-0.2, 0) is 12.8 Å². The smallest absolute Gasteiger partial charge is 0.253 e. The van der Waals surface area contributed by atoms with E-state index in [0.717, 1.165) is 62.3 Å². The molecule has 146 valence electrons. The van der Waals surface area contributed by atoms with Gasteiger partial charge in [-0.1, -0.05) is 38.8 Å². The lowest BCUT2D eigenvalue weighted by Crippen LogP contribution is -2.28. The van der Waals surface area contributed by atoms with Crippen LogP contribution < -0.4 is 0 Å². The Morgan fingerprint density at radius 1 is 1.29 bits per heavy atom. The van der Waals surface area contributed by atoms with Crippen molar-refractivity contribution >= 4 is 11.5 Å². The normalized spacial score (nSPS) is 18.3. The van der Waals surface area contributed by atoms with Crippen LogP contribution in [0.5, 0.6) is 0 Å². The molecule has 1 fully saturated rings. The van der Waals surface area contributed by atoms with Crippen molar-refractivity contribution in [2.24, 2.45) is 5.92 Å². The Morgan fingerprint density at radius 2 is 2.14 bits per heavy atom. The average molecular weight is 376 g/mol. The molecule has 0 bridgehead atoms. The molecule has 2 aromatic rings. The molecule has 1 aliphatic carbocycles. The van der Waals surface area contributed by atoms with E-state index < -0.39 is 0 Å². The molecule has 4 rings (SSSR count). The zero-order valence-electron chi connectivity index (χ0n) is 17.2. The number of aromatic nitrogens is 2. The summed E-state index contributed by atoms with van der Waals surface area (Å²) >= 11 is 0. The Balaban J connectivity index is 1.61. The maximum Gasteiger partial charge on any atom is 0.253 e. The number of carbonyl (C=O) groups excluding carboxylic acids is 1. The van der Waals surface area contributed by atoms with E-state index in [4.69, 9.17) is 4.98 Å². The molecule has 0 saturated carbocycles. The van der Waals surface area contributed by atoms with Gasteiger partial charge in [0.25, 0.3) is 5.91 Å². The van der Waals surface area contributed by atoms with Gasteiger partial charge in [0.1, 0.15) is 5.82 Å². The number of rotatable bonds is 5.